The average Bonchev–Trinajstić information content (AvgIpc) is 3.35. The summed E-state index contributed by atoms with van der Waals surface area (Å²) in [6.45, 7) is 6.17. The van der Waals surface area contributed by atoms with Crippen molar-refractivity contribution in [1.29, 1.82) is 0 Å². The number of para-hydroxylation sites is 1. The molecule has 4 aliphatic rings. The molecule has 4 nitrogen and oxygen atoms in total. The molecular weight excluding hydrogens is 384 g/mol. The van der Waals surface area contributed by atoms with Gasteiger partial charge in [-0.15, -0.1) is 6.58 Å². The second kappa shape index (κ2) is 9.12. The normalized spacial score (nSPS) is 29.2. The van der Waals surface area contributed by atoms with Crippen LogP contribution in [0.4, 0.5) is 0 Å². The summed E-state index contributed by atoms with van der Waals surface area (Å²) >= 11 is 0. The largest absolute Gasteiger partial charge is 0.456 e. The summed E-state index contributed by atoms with van der Waals surface area (Å²) in [5.74, 6) is 1.86. The van der Waals surface area contributed by atoms with Crippen molar-refractivity contribution in [2.75, 3.05) is 13.1 Å². The number of carbonyl (C=O) groups excluding carboxylic acids is 1. The van der Waals surface area contributed by atoms with Gasteiger partial charge >= 0.3 is 5.97 Å². The van der Waals surface area contributed by atoms with Gasteiger partial charge in [0.25, 0.3) is 0 Å². The molecule has 0 radical (unpaired) electrons. The molecule has 6 rings (SSSR count). The average molecular weight is 419 g/mol. The standard InChI is InChI=1S/C27H34N2O2/c1-2-20-18-29-16-14-21(20)17-25(29)27(31-26(30)12-11-19-7-3-4-8-19)23-13-15-28-24-10-6-5-9-22(23)24/h2,5-6,9-10,13,15,19-21,25,27H,1,3-4,7-8,11-12,14,16-18H2/t20?,21-,25?,27+/m1/s1. The highest BCUT2D eigenvalue weighted by atomic mass is 16.5. The van der Waals surface area contributed by atoms with E-state index in [2.05, 4.69) is 34.7 Å². The van der Waals surface area contributed by atoms with Crippen molar-refractivity contribution in [3.05, 3.63) is 54.7 Å². The van der Waals surface area contributed by atoms with Gasteiger partial charge in [-0.1, -0.05) is 50.0 Å². The van der Waals surface area contributed by atoms with Gasteiger partial charge < -0.3 is 4.74 Å². The number of pyridine rings is 1. The highest BCUT2D eigenvalue weighted by Crippen LogP contribution is 2.43. The molecule has 2 bridgehead atoms. The lowest BCUT2D eigenvalue weighted by molar-refractivity contribution is -0.157. The lowest BCUT2D eigenvalue weighted by Crippen LogP contribution is -2.55. The molecule has 4 heteroatoms. The summed E-state index contributed by atoms with van der Waals surface area (Å²) in [6, 6.07) is 10.5. The molecule has 164 valence electrons. The van der Waals surface area contributed by atoms with Crippen LogP contribution in [-0.4, -0.2) is 35.0 Å². The Bertz CT molecular complexity index is 930. The highest BCUT2D eigenvalue weighted by molar-refractivity contribution is 5.82. The number of nitrogens with zero attached hydrogens (tertiary/aromatic N) is 2. The predicted octanol–water partition coefficient (Wildman–Crippen LogP) is 5.69. The van der Waals surface area contributed by atoms with Gasteiger partial charge in [-0.25, -0.2) is 0 Å². The Morgan fingerprint density at radius 3 is 2.84 bits per heavy atom. The number of aromatic nitrogens is 1. The molecule has 0 amide bonds. The number of ether oxygens (including phenoxy) is 1. The van der Waals surface area contributed by atoms with Gasteiger partial charge in [0.05, 0.1) is 11.6 Å². The van der Waals surface area contributed by atoms with Crippen molar-refractivity contribution in [2.24, 2.45) is 17.8 Å². The van der Waals surface area contributed by atoms with E-state index in [-0.39, 0.29) is 18.1 Å². The summed E-state index contributed by atoms with van der Waals surface area (Å²) < 4.78 is 6.33. The van der Waals surface area contributed by atoms with Crippen molar-refractivity contribution in [3.8, 4) is 0 Å². The first-order valence-corrected chi connectivity index (χ1v) is 12.1. The molecule has 31 heavy (non-hydrogen) atoms. The monoisotopic (exact) mass is 418 g/mol. The van der Waals surface area contributed by atoms with Crippen molar-refractivity contribution < 1.29 is 9.53 Å². The minimum atomic E-state index is -0.238. The Kier molecular flexibility index (Phi) is 6.08. The lowest BCUT2D eigenvalue weighted by atomic mass is 9.73. The fourth-order valence-electron chi connectivity index (χ4n) is 6.23. The van der Waals surface area contributed by atoms with Crippen LogP contribution in [0.2, 0.25) is 0 Å². The zero-order chi connectivity index (χ0) is 21.2. The molecule has 1 aromatic carbocycles. The Labute approximate surface area is 185 Å². The fourth-order valence-corrected chi connectivity index (χ4v) is 6.23. The van der Waals surface area contributed by atoms with Crippen molar-refractivity contribution in [2.45, 2.75) is 63.5 Å². The molecule has 4 heterocycles. The summed E-state index contributed by atoms with van der Waals surface area (Å²) in [6.07, 6.45) is 12.7. The number of rotatable bonds is 7. The van der Waals surface area contributed by atoms with E-state index in [0.717, 1.165) is 42.4 Å². The van der Waals surface area contributed by atoms with Crippen molar-refractivity contribution >= 4 is 16.9 Å². The van der Waals surface area contributed by atoms with Gasteiger partial charge in [0.15, 0.2) is 0 Å². The third-order valence-corrected chi connectivity index (χ3v) is 7.98. The Morgan fingerprint density at radius 2 is 2.06 bits per heavy atom. The molecule has 1 aromatic heterocycles. The van der Waals surface area contributed by atoms with Crippen molar-refractivity contribution in [1.82, 2.24) is 9.88 Å². The predicted molar refractivity (Wildman–Crippen MR) is 124 cm³/mol. The van der Waals surface area contributed by atoms with Crippen LogP contribution < -0.4 is 0 Å². The second-order valence-electron chi connectivity index (χ2n) is 9.76. The van der Waals surface area contributed by atoms with E-state index < -0.39 is 0 Å². The summed E-state index contributed by atoms with van der Waals surface area (Å²) in [5.41, 5.74) is 2.07. The number of benzene rings is 1. The molecule has 1 aliphatic carbocycles. The third-order valence-electron chi connectivity index (χ3n) is 7.98. The smallest absolute Gasteiger partial charge is 0.306 e. The van der Waals surface area contributed by atoms with E-state index in [4.69, 9.17) is 4.74 Å². The van der Waals surface area contributed by atoms with Gasteiger partial charge in [-0.2, -0.15) is 0 Å². The van der Waals surface area contributed by atoms with Crippen LogP contribution >= 0.6 is 0 Å². The first kappa shape index (κ1) is 20.7. The second-order valence-corrected chi connectivity index (χ2v) is 9.76. The fraction of sp³-hybridized carbons (Fsp3) is 0.556. The SMILES string of the molecule is C=CC1CN2CC[C@@H]1CC2[C@@H](OC(=O)CCC1CCCC1)c1ccnc2ccccc12. The van der Waals surface area contributed by atoms with Gasteiger partial charge in [0.2, 0.25) is 0 Å². The molecule has 2 aromatic rings. The highest BCUT2D eigenvalue weighted by Gasteiger charge is 2.44. The molecule has 4 fully saturated rings. The Morgan fingerprint density at radius 1 is 1.23 bits per heavy atom. The van der Waals surface area contributed by atoms with Crippen LogP contribution in [0.5, 0.6) is 0 Å². The maximum Gasteiger partial charge on any atom is 0.306 e. The van der Waals surface area contributed by atoms with E-state index in [1.807, 2.05) is 24.4 Å². The van der Waals surface area contributed by atoms with Crippen molar-refractivity contribution in [3.63, 3.8) is 0 Å². The third kappa shape index (κ3) is 4.27. The van der Waals surface area contributed by atoms with E-state index in [0.29, 0.717) is 24.2 Å². The number of fused-ring (bicyclic) bond motifs is 4. The van der Waals surface area contributed by atoms with E-state index >= 15 is 0 Å². The van der Waals surface area contributed by atoms with Gasteiger partial charge in [-0.05, 0) is 55.7 Å². The lowest BCUT2D eigenvalue weighted by Gasteiger charge is -2.51. The van der Waals surface area contributed by atoms with E-state index in [9.17, 15) is 4.79 Å². The number of esters is 1. The molecule has 3 saturated heterocycles. The van der Waals surface area contributed by atoms with E-state index in [1.54, 1.807) is 0 Å². The zero-order valence-corrected chi connectivity index (χ0v) is 18.4. The number of hydrogen-bond donors (Lipinski definition) is 0. The van der Waals surface area contributed by atoms with Crippen LogP contribution in [0.15, 0.2) is 49.2 Å². The molecule has 0 N–H and O–H groups in total. The first-order valence-electron chi connectivity index (χ1n) is 12.1. The first-order chi connectivity index (χ1) is 15.2. The quantitative estimate of drug-likeness (QED) is 0.428. The Hall–Kier alpha value is -2.20. The summed E-state index contributed by atoms with van der Waals surface area (Å²) in [7, 11) is 0. The van der Waals surface area contributed by atoms with Crippen LogP contribution in [-0.2, 0) is 9.53 Å². The maximum absolute atomic E-state index is 13.0. The topological polar surface area (TPSA) is 42.4 Å². The molecule has 5 atom stereocenters. The van der Waals surface area contributed by atoms with E-state index in [1.165, 1.54) is 32.1 Å². The van der Waals surface area contributed by atoms with Crippen LogP contribution in [0.1, 0.15) is 63.0 Å². The number of hydrogen-bond acceptors (Lipinski definition) is 4. The number of carbonyl (C=O) groups is 1. The minimum Gasteiger partial charge on any atom is -0.456 e. The van der Waals surface area contributed by atoms with Gasteiger partial charge in [0.1, 0.15) is 6.10 Å². The minimum absolute atomic E-state index is 0.0410. The number of piperidine rings is 3. The molecule has 0 spiro atoms. The zero-order valence-electron chi connectivity index (χ0n) is 18.4. The molecule has 1 saturated carbocycles. The van der Waals surface area contributed by atoms with Crippen LogP contribution in [0, 0.1) is 17.8 Å². The van der Waals surface area contributed by atoms with Crippen LogP contribution in [0.25, 0.3) is 10.9 Å². The molecular formula is C27H34N2O2. The van der Waals surface area contributed by atoms with Gasteiger partial charge in [0, 0.05) is 30.1 Å². The van der Waals surface area contributed by atoms with Crippen LogP contribution in [0.3, 0.4) is 0 Å². The molecule has 3 aliphatic heterocycles. The Balaban J connectivity index is 1.41. The van der Waals surface area contributed by atoms with Gasteiger partial charge in [-0.3, -0.25) is 14.7 Å². The maximum atomic E-state index is 13.0. The summed E-state index contributed by atoms with van der Waals surface area (Å²) in [5, 5.41) is 1.10. The summed E-state index contributed by atoms with van der Waals surface area (Å²) in [4.78, 5) is 20.1. The molecule has 3 unspecified atom stereocenters.